The molecule has 0 aliphatic carbocycles. The van der Waals surface area contributed by atoms with Gasteiger partial charge in [-0.3, -0.25) is 9.69 Å². The fourth-order valence-corrected chi connectivity index (χ4v) is 1.91. The summed E-state index contributed by atoms with van der Waals surface area (Å²) in [7, 11) is 3.83. The van der Waals surface area contributed by atoms with E-state index in [1.807, 2.05) is 41.8 Å². The summed E-state index contributed by atoms with van der Waals surface area (Å²) < 4.78 is 1.98. The molecule has 0 radical (unpaired) electrons. The Balaban J connectivity index is 2.16. The van der Waals surface area contributed by atoms with Gasteiger partial charge in [-0.05, 0) is 24.7 Å². The molecule has 2 aromatic rings. The molecule has 90 valence electrons. The number of carbonyl (C=O) groups excluding carboxylic acids is 1. The molecular weight excluding hydrogens is 216 g/mol. The average Bonchev–Trinajstić information content (AvgIpc) is 2.58. The van der Waals surface area contributed by atoms with Crippen molar-refractivity contribution in [2.45, 2.75) is 6.54 Å². The number of likely N-dealkylation sites (N-methyl/N-ethyl adjacent to an activating group) is 1. The summed E-state index contributed by atoms with van der Waals surface area (Å²) in [6, 6.07) is 6.12. The molecule has 5 nitrogen and oxygen atoms in total. The number of primary amides is 1. The quantitative estimate of drug-likeness (QED) is 0.834. The van der Waals surface area contributed by atoms with E-state index >= 15 is 0 Å². The lowest BCUT2D eigenvalue weighted by atomic mass is 10.2. The summed E-state index contributed by atoms with van der Waals surface area (Å²) in [6.45, 7) is 0.954. The minimum atomic E-state index is -0.314. The van der Waals surface area contributed by atoms with Crippen LogP contribution >= 0.6 is 0 Å². The second-order valence-electron chi connectivity index (χ2n) is 4.32. The van der Waals surface area contributed by atoms with Gasteiger partial charge in [0.25, 0.3) is 0 Å². The molecule has 2 N–H and O–H groups in total. The average molecular weight is 232 g/mol. The molecule has 0 saturated heterocycles. The zero-order valence-electron chi connectivity index (χ0n) is 10.1. The number of hydrogen-bond acceptors (Lipinski definition) is 3. The van der Waals surface area contributed by atoms with Crippen molar-refractivity contribution >= 4 is 16.9 Å². The highest BCUT2D eigenvalue weighted by Gasteiger charge is 2.05. The Kier molecular flexibility index (Phi) is 3.10. The van der Waals surface area contributed by atoms with Crippen LogP contribution in [0, 0.1) is 0 Å². The van der Waals surface area contributed by atoms with Gasteiger partial charge in [0.05, 0.1) is 23.9 Å². The van der Waals surface area contributed by atoms with Gasteiger partial charge < -0.3 is 10.3 Å². The number of amides is 1. The summed E-state index contributed by atoms with van der Waals surface area (Å²) in [5.41, 5.74) is 8.34. The van der Waals surface area contributed by atoms with E-state index in [0.717, 1.165) is 16.6 Å². The number of hydrogen-bond donors (Lipinski definition) is 1. The van der Waals surface area contributed by atoms with Crippen molar-refractivity contribution in [2.75, 3.05) is 13.6 Å². The first-order valence-corrected chi connectivity index (χ1v) is 5.43. The number of nitrogens with two attached hydrogens (primary N) is 1. The number of carbonyl (C=O) groups is 1. The summed E-state index contributed by atoms with van der Waals surface area (Å²) in [5, 5.41) is 0. The topological polar surface area (TPSA) is 64.2 Å². The fraction of sp³-hybridized carbons (Fsp3) is 0.333. The van der Waals surface area contributed by atoms with E-state index in [9.17, 15) is 4.79 Å². The predicted molar refractivity (Wildman–Crippen MR) is 66.2 cm³/mol. The molecule has 1 amide bonds. The molecule has 0 saturated carbocycles. The van der Waals surface area contributed by atoms with Crippen molar-refractivity contribution in [1.82, 2.24) is 14.5 Å². The number of aryl methyl sites for hydroxylation is 1. The minimum Gasteiger partial charge on any atom is -0.369 e. The van der Waals surface area contributed by atoms with E-state index in [1.165, 1.54) is 0 Å². The largest absolute Gasteiger partial charge is 0.369 e. The number of benzene rings is 1. The molecule has 1 aromatic carbocycles. The van der Waals surface area contributed by atoms with Crippen molar-refractivity contribution in [2.24, 2.45) is 12.8 Å². The van der Waals surface area contributed by atoms with E-state index in [-0.39, 0.29) is 12.5 Å². The van der Waals surface area contributed by atoms with Crippen LogP contribution in [0.3, 0.4) is 0 Å². The highest BCUT2D eigenvalue weighted by molar-refractivity contribution is 5.76. The Morgan fingerprint density at radius 1 is 1.53 bits per heavy atom. The minimum absolute atomic E-state index is 0.264. The fourth-order valence-electron chi connectivity index (χ4n) is 1.91. The van der Waals surface area contributed by atoms with E-state index in [4.69, 9.17) is 5.73 Å². The Labute approximate surface area is 99.8 Å². The van der Waals surface area contributed by atoms with Crippen LogP contribution in [0.25, 0.3) is 11.0 Å². The first-order chi connectivity index (χ1) is 8.06. The number of nitrogens with zero attached hydrogens (tertiary/aromatic N) is 3. The molecule has 0 spiro atoms. The van der Waals surface area contributed by atoms with Crippen LogP contribution in [0.4, 0.5) is 0 Å². The van der Waals surface area contributed by atoms with E-state index in [0.29, 0.717) is 6.54 Å². The van der Waals surface area contributed by atoms with E-state index in [1.54, 1.807) is 6.33 Å². The zero-order chi connectivity index (χ0) is 12.4. The van der Waals surface area contributed by atoms with Crippen molar-refractivity contribution < 1.29 is 4.79 Å². The molecule has 0 aliphatic rings. The lowest BCUT2D eigenvalue weighted by Crippen LogP contribution is -2.30. The molecule has 1 heterocycles. The van der Waals surface area contributed by atoms with Gasteiger partial charge in [-0.15, -0.1) is 0 Å². The smallest absolute Gasteiger partial charge is 0.231 e. The van der Waals surface area contributed by atoms with Crippen LogP contribution in [0.2, 0.25) is 0 Å². The van der Waals surface area contributed by atoms with Crippen molar-refractivity contribution in [3.63, 3.8) is 0 Å². The van der Waals surface area contributed by atoms with Gasteiger partial charge in [0.2, 0.25) is 5.91 Å². The van der Waals surface area contributed by atoms with Gasteiger partial charge in [0.1, 0.15) is 0 Å². The highest BCUT2D eigenvalue weighted by Crippen LogP contribution is 2.14. The van der Waals surface area contributed by atoms with Gasteiger partial charge in [0, 0.05) is 13.6 Å². The molecule has 2 rings (SSSR count). The Morgan fingerprint density at radius 3 is 3.00 bits per heavy atom. The Bertz CT molecular complexity index is 546. The summed E-state index contributed by atoms with van der Waals surface area (Å²) in [5.74, 6) is -0.314. The molecule has 0 unspecified atom stereocenters. The van der Waals surface area contributed by atoms with Crippen LogP contribution < -0.4 is 5.73 Å². The van der Waals surface area contributed by atoms with Gasteiger partial charge in [-0.2, -0.15) is 0 Å². The Hall–Kier alpha value is -1.88. The second-order valence-corrected chi connectivity index (χ2v) is 4.32. The second kappa shape index (κ2) is 4.55. The third-order valence-electron chi connectivity index (χ3n) is 2.67. The zero-order valence-corrected chi connectivity index (χ0v) is 10.1. The van der Waals surface area contributed by atoms with Gasteiger partial charge in [-0.1, -0.05) is 6.07 Å². The molecule has 17 heavy (non-hydrogen) atoms. The third kappa shape index (κ3) is 2.62. The van der Waals surface area contributed by atoms with Crippen LogP contribution in [0.1, 0.15) is 5.56 Å². The number of rotatable bonds is 4. The first kappa shape index (κ1) is 11.6. The molecule has 1 aromatic heterocycles. The highest BCUT2D eigenvalue weighted by atomic mass is 16.1. The van der Waals surface area contributed by atoms with Gasteiger partial charge in [0.15, 0.2) is 0 Å². The lowest BCUT2D eigenvalue weighted by molar-refractivity contribution is -0.118. The maximum absolute atomic E-state index is 10.8. The number of aromatic nitrogens is 2. The van der Waals surface area contributed by atoms with Crippen molar-refractivity contribution in [1.29, 1.82) is 0 Å². The monoisotopic (exact) mass is 232 g/mol. The maximum Gasteiger partial charge on any atom is 0.231 e. The van der Waals surface area contributed by atoms with Crippen LogP contribution in [-0.2, 0) is 18.4 Å². The van der Waals surface area contributed by atoms with Crippen LogP contribution in [0.5, 0.6) is 0 Å². The summed E-state index contributed by atoms with van der Waals surface area (Å²) in [4.78, 5) is 17.0. The van der Waals surface area contributed by atoms with Gasteiger partial charge >= 0.3 is 0 Å². The third-order valence-corrected chi connectivity index (χ3v) is 2.67. The standard InChI is InChI=1S/C12H16N4O/c1-15(7-12(13)17)6-9-3-4-11-10(5-9)14-8-16(11)2/h3-5,8H,6-7H2,1-2H3,(H2,13,17). The van der Waals surface area contributed by atoms with E-state index in [2.05, 4.69) is 4.98 Å². The van der Waals surface area contributed by atoms with Crippen molar-refractivity contribution in [3.8, 4) is 0 Å². The lowest BCUT2D eigenvalue weighted by Gasteiger charge is -2.14. The maximum atomic E-state index is 10.8. The molecule has 0 bridgehead atoms. The summed E-state index contributed by atoms with van der Waals surface area (Å²) >= 11 is 0. The molecular formula is C12H16N4O. The Morgan fingerprint density at radius 2 is 2.29 bits per heavy atom. The number of imidazole rings is 1. The SMILES string of the molecule is CN(CC(N)=O)Cc1ccc2c(c1)ncn2C. The summed E-state index contributed by atoms with van der Waals surface area (Å²) in [6.07, 6.45) is 1.79. The van der Waals surface area contributed by atoms with Crippen molar-refractivity contribution in [3.05, 3.63) is 30.1 Å². The molecule has 0 atom stereocenters. The first-order valence-electron chi connectivity index (χ1n) is 5.43. The normalized spacial score (nSPS) is 11.2. The van der Waals surface area contributed by atoms with Gasteiger partial charge in [-0.25, -0.2) is 4.98 Å². The number of fused-ring (bicyclic) bond motifs is 1. The predicted octanol–water partition coefficient (Wildman–Crippen LogP) is 0.490. The van der Waals surface area contributed by atoms with E-state index < -0.39 is 0 Å². The molecule has 0 fully saturated rings. The van der Waals surface area contributed by atoms with Crippen LogP contribution in [-0.4, -0.2) is 34.0 Å². The molecule has 0 aliphatic heterocycles. The van der Waals surface area contributed by atoms with Crippen LogP contribution in [0.15, 0.2) is 24.5 Å². The molecule has 5 heteroatoms.